The monoisotopic (exact) mass is 381 g/mol. The molecule has 0 aliphatic rings. The van der Waals surface area contributed by atoms with Gasteiger partial charge in [-0.3, -0.25) is 9.36 Å². The molecule has 2 aromatic rings. The molecule has 0 saturated heterocycles. The van der Waals surface area contributed by atoms with Crippen LogP contribution in [0.2, 0.25) is 10.2 Å². The Hall–Kier alpha value is -0.660. The molecule has 0 spiro atoms. The van der Waals surface area contributed by atoms with Crippen molar-refractivity contribution in [2.75, 3.05) is 0 Å². The fourth-order valence-corrected chi connectivity index (χ4v) is 2.17. The zero-order valence-electron chi connectivity index (χ0n) is 8.40. The Labute approximate surface area is 121 Å². The van der Waals surface area contributed by atoms with Gasteiger partial charge in [-0.15, -0.1) is 0 Å². The van der Waals surface area contributed by atoms with Crippen molar-refractivity contribution < 1.29 is 0 Å². The molecule has 2 rings (SSSR count). The number of hydrogen-bond donors (Lipinski definition) is 0. The van der Waals surface area contributed by atoms with E-state index in [0.29, 0.717) is 20.3 Å². The number of pyridine rings is 1. The second-order valence-electron chi connectivity index (χ2n) is 3.27. The maximum atomic E-state index is 11.8. The van der Waals surface area contributed by atoms with Gasteiger partial charge >= 0.3 is 0 Å². The topological polar surface area (TPSA) is 47.8 Å². The summed E-state index contributed by atoms with van der Waals surface area (Å²) < 4.78 is 2.03. The molecular formula is C10H6Cl2IN3O. The molecule has 0 N–H and O–H groups in total. The third kappa shape index (κ3) is 2.97. The van der Waals surface area contributed by atoms with Crippen molar-refractivity contribution in [3.05, 3.63) is 54.5 Å². The van der Waals surface area contributed by atoms with Gasteiger partial charge in [0.25, 0.3) is 5.56 Å². The van der Waals surface area contributed by atoms with E-state index in [4.69, 9.17) is 23.2 Å². The molecule has 17 heavy (non-hydrogen) atoms. The lowest BCUT2D eigenvalue weighted by Crippen LogP contribution is -2.23. The second kappa shape index (κ2) is 5.32. The average Bonchev–Trinajstić information content (AvgIpc) is 2.28. The van der Waals surface area contributed by atoms with Gasteiger partial charge in [-0.2, -0.15) is 0 Å². The standard InChI is InChI=1S/C10H6Cl2IN3O/c11-7-1-9(12)15-2-6(7)4-16-5-14-3-8(13)10(16)17/h1-3,5H,4H2. The lowest BCUT2D eigenvalue weighted by Gasteiger charge is -2.06. The molecular weight excluding hydrogens is 376 g/mol. The minimum atomic E-state index is -0.105. The number of nitrogens with zero attached hydrogens (tertiary/aromatic N) is 3. The summed E-state index contributed by atoms with van der Waals surface area (Å²) in [5, 5.41) is 0.808. The first-order valence-electron chi connectivity index (χ1n) is 4.58. The quantitative estimate of drug-likeness (QED) is 0.593. The van der Waals surface area contributed by atoms with Crippen LogP contribution in [0.1, 0.15) is 5.56 Å². The predicted octanol–water partition coefficient (Wildman–Crippen LogP) is 2.60. The minimum Gasteiger partial charge on any atom is -0.294 e. The lowest BCUT2D eigenvalue weighted by atomic mass is 10.3. The van der Waals surface area contributed by atoms with Gasteiger partial charge in [0.15, 0.2) is 0 Å². The van der Waals surface area contributed by atoms with Crippen molar-refractivity contribution in [1.29, 1.82) is 0 Å². The highest BCUT2D eigenvalue weighted by Crippen LogP contribution is 2.18. The van der Waals surface area contributed by atoms with Crippen LogP contribution in [0, 0.1) is 3.57 Å². The van der Waals surface area contributed by atoms with Crippen LogP contribution < -0.4 is 5.56 Å². The van der Waals surface area contributed by atoms with E-state index in [1.54, 1.807) is 12.3 Å². The van der Waals surface area contributed by atoms with E-state index in [1.807, 2.05) is 22.6 Å². The highest BCUT2D eigenvalue weighted by molar-refractivity contribution is 14.1. The minimum absolute atomic E-state index is 0.105. The summed E-state index contributed by atoms with van der Waals surface area (Å²) in [6.45, 7) is 0.325. The van der Waals surface area contributed by atoms with Gasteiger partial charge < -0.3 is 0 Å². The summed E-state index contributed by atoms with van der Waals surface area (Å²) in [7, 11) is 0. The first-order valence-corrected chi connectivity index (χ1v) is 6.41. The summed E-state index contributed by atoms with van der Waals surface area (Å²) in [6, 6.07) is 1.55. The SMILES string of the molecule is O=c1c(I)cncn1Cc1cnc(Cl)cc1Cl. The Kier molecular flexibility index (Phi) is 4.01. The van der Waals surface area contributed by atoms with Crippen LogP contribution in [-0.2, 0) is 6.54 Å². The van der Waals surface area contributed by atoms with Crippen molar-refractivity contribution in [2.24, 2.45) is 0 Å². The van der Waals surface area contributed by atoms with Crippen LogP contribution >= 0.6 is 45.8 Å². The van der Waals surface area contributed by atoms with E-state index >= 15 is 0 Å². The smallest absolute Gasteiger partial charge is 0.267 e. The molecule has 88 valence electrons. The maximum Gasteiger partial charge on any atom is 0.267 e. The lowest BCUT2D eigenvalue weighted by molar-refractivity contribution is 0.728. The van der Waals surface area contributed by atoms with Gasteiger partial charge in [0.1, 0.15) is 5.15 Å². The molecule has 0 aromatic carbocycles. The third-order valence-corrected chi connectivity index (χ3v) is 3.39. The van der Waals surface area contributed by atoms with E-state index in [9.17, 15) is 4.79 Å². The normalized spacial score (nSPS) is 10.5. The highest BCUT2D eigenvalue weighted by Gasteiger charge is 2.06. The zero-order chi connectivity index (χ0) is 12.4. The first kappa shape index (κ1) is 12.8. The Bertz CT molecular complexity index is 615. The van der Waals surface area contributed by atoms with E-state index in [-0.39, 0.29) is 5.56 Å². The molecule has 0 aliphatic heterocycles. The Morgan fingerprint density at radius 3 is 2.82 bits per heavy atom. The van der Waals surface area contributed by atoms with Crippen LogP contribution in [-0.4, -0.2) is 14.5 Å². The molecule has 0 amide bonds. The molecule has 0 bridgehead atoms. The molecule has 0 fully saturated rings. The first-order chi connectivity index (χ1) is 8.08. The van der Waals surface area contributed by atoms with Crippen molar-refractivity contribution in [3.63, 3.8) is 0 Å². The van der Waals surface area contributed by atoms with E-state index < -0.39 is 0 Å². The Balaban J connectivity index is 2.38. The Morgan fingerprint density at radius 1 is 1.35 bits per heavy atom. The number of aromatic nitrogens is 3. The van der Waals surface area contributed by atoms with E-state index in [1.165, 1.54) is 17.1 Å². The van der Waals surface area contributed by atoms with Crippen molar-refractivity contribution >= 4 is 45.8 Å². The molecule has 2 aromatic heterocycles. The highest BCUT2D eigenvalue weighted by atomic mass is 127. The maximum absolute atomic E-state index is 11.8. The van der Waals surface area contributed by atoms with Crippen LogP contribution in [0.15, 0.2) is 29.6 Å². The fourth-order valence-electron chi connectivity index (χ4n) is 1.27. The van der Waals surface area contributed by atoms with Crippen LogP contribution in [0.25, 0.3) is 0 Å². The molecule has 0 unspecified atom stereocenters. The summed E-state index contributed by atoms with van der Waals surface area (Å²) >= 11 is 13.6. The largest absolute Gasteiger partial charge is 0.294 e. The van der Waals surface area contributed by atoms with Crippen molar-refractivity contribution in [3.8, 4) is 0 Å². The molecule has 0 atom stereocenters. The van der Waals surface area contributed by atoms with Crippen molar-refractivity contribution in [1.82, 2.24) is 14.5 Å². The summed E-state index contributed by atoms with van der Waals surface area (Å²) in [4.78, 5) is 19.7. The van der Waals surface area contributed by atoms with Crippen LogP contribution in [0.5, 0.6) is 0 Å². The van der Waals surface area contributed by atoms with Crippen LogP contribution in [0.3, 0.4) is 0 Å². The van der Waals surface area contributed by atoms with Gasteiger partial charge in [0.05, 0.1) is 21.5 Å². The third-order valence-electron chi connectivity index (χ3n) is 2.10. The number of rotatable bonds is 2. The van der Waals surface area contributed by atoms with Crippen LogP contribution in [0.4, 0.5) is 0 Å². The average molecular weight is 382 g/mol. The summed E-state index contributed by atoms with van der Waals surface area (Å²) in [6.07, 6.45) is 4.54. The number of halogens is 3. The molecule has 2 heterocycles. The molecule has 0 aliphatic carbocycles. The fraction of sp³-hybridized carbons (Fsp3) is 0.100. The molecule has 7 heteroatoms. The van der Waals surface area contributed by atoms with Crippen molar-refractivity contribution in [2.45, 2.75) is 6.54 Å². The van der Waals surface area contributed by atoms with Gasteiger partial charge in [-0.25, -0.2) is 9.97 Å². The molecule has 0 radical (unpaired) electrons. The molecule has 4 nitrogen and oxygen atoms in total. The van der Waals surface area contributed by atoms with Gasteiger partial charge in [-0.1, -0.05) is 23.2 Å². The zero-order valence-corrected chi connectivity index (χ0v) is 12.1. The second-order valence-corrected chi connectivity index (χ2v) is 5.23. The number of hydrogen-bond acceptors (Lipinski definition) is 3. The molecule has 0 saturated carbocycles. The van der Waals surface area contributed by atoms with E-state index in [0.717, 1.165) is 5.56 Å². The summed E-state index contributed by atoms with van der Waals surface area (Å²) in [5.41, 5.74) is 0.619. The Morgan fingerprint density at radius 2 is 2.12 bits per heavy atom. The van der Waals surface area contributed by atoms with E-state index in [2.05, 4.69) is 9.97 Å². The van der Waals surface area contributed by atoms with Gasteiger partial charge in [0.2, 0.25) is 0 Å². The van der Waals surface area contributed by atoms with Gasteiger partial charge in [-0.05, 0) is 28.7 Å². The van der Waals surface area contributed by atoms with Gasteiger partial charge in [0, 0.05) is 18.0 Å². The summed E-state index contributed by atoms with van der Waals surface area (Å²) in [5.74, 6) is 0. The predicted molar refractivity (Wildman–Crippen MR) is 74.6 cm³/mol.